The lowest BCUT2D eigenvalue weighted by Gasteiger charge is -2.05. The summed E-state index contributed by atoms with van der Waals surface area (Å²) in [6.45, 7) is 0. The Bertz CT molecular complexity index is 154. The summed E-state index contributed by atoms with van der Waals surface area (Å²) in [6, 6.07) is 2.91. The number of hydrogen-bond donors (Lipinski definition) is 2. The van der Waals surface area contributed by atoms with E-state index in [0.717, 1.165) is 0 Å². The molecule has 1 atom stereocenters. The van der Waals surface area contributed by atoms with Crippen molar-refractivity contribution in [2.75, 3.05) is 0 Å². The molecule has 0 aliphatic rings. The minimum atomic E-state index is -1.96. The van der Waals surface area contributed by atoms with E-state index >= 15 is 0 Å². The molecule has 1 unspecified atom stereocenters. The molecule has 50 valence electrons. The topological polar surface area (TPSA) is 93.8 Å². The van der Waals surface area contributed by atoms with Crippen LogP contribution >= 0.6 is 12.4 Å². The zero-order valence-corrected chi connectivity index (χ0v) is 5.35. The fourth-order valence-electron chi connectivity index (χ4n) is 0.160. The Morgan fingerprint density at radius 1 is 1.56 bits per heavy atom. The number of nitrogens with zero attached hydrogens (tertiary/aromatic N) is 2. The van der Waals surface area contributed by atoms with Crippen molar-refractivity contribution in [2.24, 2.45) is 5.73 Å². The van der Waals surface area contributed by atoms with Gasteiger partial charge in [0, 0.05) is 0 Å². The van der Waals surface area contributed by atoms with Crippen molar-refractivity contribution in [1.29, 1.82) is 10.5 Å². The third kappa shape index (κ3) is 5.05. The molecule has 5 heteroatoms. The standard InChI is InChI=1S/C4H5N3O.ClH/c5-2-1-4(7,8)3-6;/h8H,1,7H2;1H. The quantitative estimate of drug-likeness (QED) is 0.386. The molecule has 0 aromatic carbocycles. The van der Waals surface area contributed by atoms with Crippen molar-refractivity contribution in [3.05, 3.63) is 0 Å². The van der Waals surface area contributed by atoms with Crippen LogP contribution < -0.4 is 5.73 Å². The molecule has 0 fully saturated rings. The van der Waals surface area contributed by atoms with E-state index in [9.17, 15) is 0 Å². The lowest BCUT2D eigenvalue weighted by Crippen LogP contribution is -2.36. The molecule has 0 saturated heterocycles. The molecule has 0 aliphatic heterocycles. The first kappa shape index (κ1) is 11.0. The Morgan fingerprint density at radius 2 is 2.00 bits per heavy atom. The number of halogens is 1. The molecular formula is C4H6ClN3O. The van der Waals surface area contributed by atoms with Crippen molar-refractivity contribution < 1.29 is 5.11 Å². The number of hydrogen-bond acceptors (Lipinski definition) is 4. The third-order valence-corrected chi connectivity index (χ3v) is 0.542. The molecule has 0 heterocycles. The monoisotopic (exact) mass is 147 g/mol. The molecule has 0 radical (unpaired) electrons. The fourth-order valence-corrected chi connectivity index (χ4v) is 0.160. The Morgan fingerprint density at radius 3 is 2.11 bits per heavy atom. The van der Waals surface area contributed by atoms with E-state index in [2.05, 4.69) is 0 Å². The number of nitrogens with two attached hydrogens (primary N) is 1. The highest BCUT2D eigenvalue weighted by Gasteiger charge is 2.18. The van der Waals surface area contributed by atoms with Crippen LogP contribution in [-0.2, 0) is 0 Å². The van der Waals surface area contributed by atoms with Crippen molar-refractivity contribution >= 4 is 12.4 Å². The van der Waals surface area contributed by atoms with E-state index in [-0.39, 0.29) is 18.8 Å². The normalized spacial score (nSPS) is 13.8. The molecule has 0 spiro atoms. The lowest BCUT2D eigenvalue weighted by atomic mass is 10.2. The second-order valence-corrected chi connectivity index (χ2v) is 1.37. The maximum Gasteiger partial charge on any atom is 0.216 e. The van der Waals surface area contributed by atoms with E-state index in [4.69, 9.17) is 21.4 Å². The zero-order chi connectivity index (χ0) is 6.62. The van der Waals surface area contributed by atoms with E-state index in [0.29, 0.717) is 0 Å². The second-order valence-electron chi connectivity index (χ2n) is 1.37. The second kappa shape index (κ2) is 4.11. The summed E-state index contributed by atoms with van der Waals surface area (Å²) in [5.74, 6) is 0. The number of rotatable bonds is 1. The van der Waals surface area contributed by atoms with E-state index in [1.807, 2.05) is 0 Å². The molecule has 0 bridgehead atoms. The van der Waals surface area contributed by atoms with Crippen LogP contribution in [0.2, 0.25) is 0 Å². The lowest BCUT2D eigenvalue weighted by molar-refractivity contribution is 0.112. The van der Waals surface area contributed by atoms with Crippen LogP contribution in [-0.4, -0.2) is 10.8 Å². The average molecular weight is 148 g/mol. The average Bonchev–Trinajstić information content (AvgIpc) is 1.67. The van der Waals surface area contributed by atoms with Crippen LogP contribution in [0.4, 0.5) is 0 Å². The first-order valence-corrected chi connectivity index (χ1v) is 1.92. The van der Waals surface area contributed by atoms with Gasteiger partial charge in [-0.3, -0.25) is 5.73 Å². The van der Waals surface area contributed by atoms with Gasteiger partial charge >= 0.3 is 0 Å². The first-order chi connectivity index (χ1) is 3.62. The van der Waals surface area contributed by atoms with Gasteiger partial charge < -0.3 is 5.11 Å². The van der Waals surface area contributed by atoms with Gasteiger partial charge in [0.1, 0.15) is 6.07 Å². The van der Waals surface area contributed by atoms with Crippen molar-refractivity contribution in [3.63, 3.8) is 0 Å². The maximum atomic E-state index is 8.52. The summed E-state index contributed by atoms with van der Waals surface area (Å²) in [6.07, 6.45) is -0.358. The predicted octanol–water partition coefficient (Wildman–Crippen LogP) is -0.507. The maximum absolute atomic E-state index is 8.52. The van der Waals surface area contributed by atoms with Crippen molar-refractivity contribution in [1.82, 2.24) is 0 Å². The SMILES string of the molecule is Cl.N#CCC(N)(O)C#N. The van der Waals surface area contributed by atoms with Gasteiger partial charge in [-0.25, -0.2) is 0 Å². The molecule has 4 nitrogen and oxygen atoms in total. The van der Waals surface area contributed by atoms with Crippen molar-refractivity contribution in [3.8, 4) is 12.1 Å². The summed E-state index contributed by atoms with van der Waals surface area (Å²) in [7, 11) is 0. The molecule has 0 rings (SSSR count). The highest BCUT2D eigenvalue weighted by molar-refractivity contribution is 5.85. The minimum Gasteiger partial charge on any atom is -0.363 e. The molecule has 0 aromatic heterocycles. The van der Waals surface area contributed by atoms with Crippen LogP contribution in [0.25, 0.3) is 0 Å². The fraction of sp³-hybridized carbons (Fsp3) is 0.500. The molecule has 0 aliphatic carbocycles. The third-order valence-electron chi connectivity index (χ3n) is 0.542. The van der Waals surface area contributed by atoms with Gasteiger partial charge in [-0.05, 0) is 0 Å². The molecule has 3 N–H and O–H groups in total. The summed E-state index contributed by atoms with van der Waals surface area (Å²) in [5.41, 5.74) is 2.83. The largest absolute Gasteiger partial charge is 0.363 e. The van der Waals surface area contributed by atoms with E-state index < -0.39 is 5.72 Å². The van der Waals surface area contributed by atoms with Gasteiger partial charge in [-0.1, -0.05) is 0 Å². The molecule has 0 aromatic rings. The Hall–Kier alpha value is -0.810. The van der Waals surface area contributed by atoms with Gasteiger partial charge in [0.15, 0.2) is 0 Å². The van der Waals surface area contributed by atoms with Gasteiger partial charge in [0.05, 0.1) is 12.5 Å². The highest BCUT2D eigenvalue weighted by Crippen LogP contribution is 1.95. The van der Waals surface area contributed by atoms with Gasteiger partial charge in [0.2, 0.25) is 5.72 Å². The summed E-state index contributed by atoms with van der Waals surface area (Å²) < 4.78 is 0. The molecular weight excluding hydrogens is 142 g/mol. The number of nitriles is 2. The van der Waals surface area contributed by atoms with Crippen LogP contribution in [0, 0.1) is 22.7 Å². The van der Waals surface area contributed by atoms with Crippen LogP contribution in [0.5, 0.6) is 0 Å². The predicted molar refractivity (Wildman–Crippen MR) is 32.2 cm³/mol. The highest BCUT2D eigenvalue weighted by atomic mass is 35.5. The van der Waals surface area contributed by atoms with Crippen LogP contribution in [0.1, 0.15) is 6.42 Å². The Kier molecular flexibility index (Phi) is 5.04. The smallest absolute Gasteiger partial charge is 0.216 e. The Labute approximate surface area is 58.9 Å². The van der Waals surface area contributed by atoms with Crippen LogP contribution in [0.3, 0.4) is 0 Å². The molecule has 0 saturated carbocycles. The van der Waals surface area contributed by atoms with Gasteiger partial charge in [-0.15, -0.1) is 12.4 Å². The molecule has 9 heavy (non-hydrogen) atoms. The van der Waals surface area contributed by atoms with Crippen molar-refractivity contribution in [2.45, 2.75) is 12.1 Å². The van der Waals surface area contributed by atoms with Gasteiger partial charge in [-0.2, -0.15) is 10.5 Å². The van der Waals surface area contributed by atoms with Crippen LogP contribution in [0.15, 0.2) is 0 Å². The molecule has 0 amide bonds. The Balaban J connectivity index is 0. The zero-order valence-electron chi connectivity index (χ0n) is 4.53. The first-order valence-electron chi connectivity index (χ1n) is 1.92. The van der Waals surface area contributed by atoms with E-state index in [1.165, 1.54) is 6.07 Å². The minimum absolute atomic E-state index is 0. The summed E-state index contributed by atoms with van der Waals surface area (Å²) in [5, 5.41) is 24.4. The summed E-state index contributed by atoms with van der Waals surface area (Å²) in [4.78, 5) is 0. The van der Waals surface area contributed by atoms with Gasteiger partial charge in [0.25, 0.3) is 0 Å². The number of aliphatic hydroxyl groups is 1. The van der Waals surface area contributed by atoms with E-state index in [1.54, 1.807) is 6.07 Å². The summed E-state index contributed by atoms with van der Waals surface area (Å²) >= 11 is 0.